The van der Waals surface area contributed by atoms with Crippen LogP contribution < -0.4 is 0 Å². The van der Waals surface area contributed by atoms with Crippen LogP contribution in [0.3, 0.4) is 0 Å². The van der Waals surface area contributed by atoms with Gasteiger partial charge >= 0.3 is 0 Å². The maximum absolute atomic E-state index is 3.97. The highest BCUT2D eigenvalue weighted by atomic mass is 15.0. The molecule has 0 N–H and O–H groups in total. The van der Waals surface area contributed by atoms with E-state index >= 15 is 0 Å². The molecular weight excluding hydrogens is 182 g/mol. The van der Waals surface area contributed by atoms with Crippen LogP contribution in [0.2, 0.25) is 0 Å². The van der Waals surface area contributed by atoms with Crippen molar-refractivity contribution in [2.24, 2.45) is 0 Å². The highest BCUT2D eigenvalue weighted by Crippen LogP contribution is 2.16. The molecule has 0 amide bonds. The number of aryl methyl sites for hydroxylation is 1. The Labute approximate surface area is 91.4 Å². The van der Waals surface area contributed by atoms with Crippen molar-refractivity contribution in [3.8, 4) is 0 Å². The van der Waals surface area contributed by atoms with E-state index < -0.39 is 0 Å². The summed E-state index contributed by atoms with van der Waals surface area (Å²) in [5.74, 6) is 0. The largest absolute Gasteiger partial charge is 0.210 e. The third kappa shape index (κ3) is 2.78. The Morgan fingerprint density at radius 2 is 1.80 bits per heavy atom. The van der Waals surface area contributed by atoms with Crippen molar-refractivity contribution >= 4 is 12.4 Å². The fourth-order valence-corrected chi connectivity index (χ4v) is 1.26. The summed E-state index contributed by atoms with van der Waals surface area (Å²) in [6.45, 7) is 13.4. The van der Waals surface area contributed by atoms with Gasteiger partial charge in [-0.25, -0.2) is 0 Å². The van der Waals surface area contributed by atoms with Gasteiger partial charge in [-0.3, -0.25) is 0 Å². The number of hydrogen-bond donors (Lipinski definition) is 0. The minimum absolute atomic E-state index is 0.925. The van der Waals surface area contributed by atoms with Gasteiger partial charge < -0.3 is 0 Å². The van der Waals surface area contributed by atoms with Gasteiger partial charge in [0.2, 0.25) is 11.4 Å². The van der Waals surface area contributed by atoms with Crippen LogP contribution in [0.1, 0.15) is 5.56 Å². The molecule has 0 radical (unpaired) electrons. The Bertz CT molecular complexity index is 407. The maximum atomic E-state index is 3.97. The fraction of sp³-hybridized carbons (Fsp3) is 0.0714. The van der Waals surface area contributed by atoms with Gasteiger partial charge in [0.05, 0.1) is 0 Å². The first-order chi connectivity index (χ1) is 7.19. The molecule has 1 aromatic rings. The lowest BCUT2D eigenvalue weighted by Crippen LogP contribution is -1.99. The molecule has 0 aliphatic carbocycles. The topological polar surface area (TPSA) is 3.01 Å². The fourth-order valence-electron chi connectivity index (χ4n) is 1.26. The SMILES string of the molecule is C=C/C=C(\C=C)[N+](=C)c1ccc(C)cc1. The summed E-state index contributed by atoms with van der Waals surface area (Å²) in [6, 6.07) is 8.18. The second-order valence-corrected chi connectivity index (χ2v) is 3.29. The van der Waals surface area contributed by atoms with Crippen LogP contribution in [-0.2, 0) is 0 Å². The Hall–Kier alpha value is -1.89. The molecule has 1 aromatic carbocycles. The van der Waals surface area contributed by atoms with Crippen LogP contribution in [0.25, 0.3) is 0 Å². The first-order valence-corrected chi connectivity index (χ1v) is 4.81. The smallest absolute Gasteiger partial charge is 0.168 e. The van der Waals surface area contributed by atoms with Gasteiger partial charge in [0.25, 0.3) is 0 Å². The van der Waals surface area contributed by atoms with Crippen LogP contribution in [0.4, 0.5) is 5.69 Å². The zero-order valence-corrected chi connectivity index (χ0v) is 9.11. The predicted molar refractivity (Wildman–Crippen MR) is 66.7 cm³/mol. The van der Waals surface area contributed by atoms with Crippen molar-refractivity contribution in [1.29, 1.82) is 0 Å². The lowest BCUT2D eigenvalue weighted by atomic mass is 10.2. The lowest BCUT2D eigenvalue weighted by molar-refractivity contribution is -0.367. The summed E-state index contributed by atoms with van der Waals surface area (Å²) in [7, 11) is 0. The van der Waals surface area contributed by atoms with E-state index in [9.17, 15) is 0 Å². The molecule has 0 heterocycles. The van der Waals surface area contributed by atoms with Crippen molar-refractivity contribution in [3.05, 3.63) is 66.9 Å². The number of benzene rings is 1. The normalized spacial score (nSPS) is 10.9. The number of allylic oxidation sites excluding steroid dienone is 3. The molecule has 0 atom stereocenters. The van der Waals surface area contributed by atoms with Gasteiger partial charge in [0, 0.05) is 24.3 Å². The molecule has 1 nitrogen and oxygen atoms in total. The van der Waals surface area contributed by atoms with E-state index in [1.54, 1.807) is 12.2 Å². The highest BCUT2D eigenvalue weighted by Gasteiger charge is 2.08. The summed E-state index contributed by atoms with van der Waals surface area (Å²) >= 11 is 0. The molecule has 0 saturated carbocycles. The van der Waals surface area contributed by atoms with Crippen LogP contribution >= 0.6 is 0 Å². The molecule has 0 aliphatic heterocycles. The molecule has 1 rings (SSSR count). The van der Waals surface area contributed by atoms with Crippen molar-refractivity contribution in [2.75, 3.05) is 0 Å². The zero-order valence-electron chi connectivity index (χ0n) is 9.11. The van der Waals surface area contributed by atoms with Crippen molar-refractivity contribution in [3.63, 3.8) is 0 Å². The van der Waals surface area contributed by atoms with E-state index in [2.05, 4.69) is 38.9 Å². The average molecular weight is 198 g/mol. The minimum Gasteiger partial charge on any atom is -0.168 e. The van der Waals surface area contributed by atoms with Gasteiger partial charge in [-0.05, 0) is 6.92 Å². The second kappa shape index (κ2) is 5.11. The monoisotopic (exact) mass is 198 g/mol. The van der Waals surface area contributed by atoms with E-state index in [1.807, 2.05) is 22.8 Å². The molecule has 15 heavy (non-hydrogen) atoms. The second-order valence-electron chi connectivity index (χ2n) is 3.29. The van der Waals surface area contributed by atoms with Crippen LogP contribution in [-0.4, -0.2) is 11.3 Å². The summed E-state index contributed by atoms with van der Waals surface area (Å²) in [5.41, 5.74) is 3.20. The van der Waals surface area contributed by atoms with E-state index in [0.717, 1.165) is 11.4 Å². The molecule has 0 aromatic heterocycles. The first-order valence-electron chi connectivity index (χ1n) is 4.81. The molecule has 0 saturated heterocycles. The van der Waals surface area contributed by atoms with E-state index in [1.165, 1.54) is 5.56 Å². The van der Waals surface area contributed by atoms with Crippen LogP contribution in [0.15, 0.2) is 61.3 Å². The standard InChI is InChI=1S/C14H16N/c1-5-7-13(6-2)15(4)14-10-8-12(3)9-11-14/h5-11H,1-2,4H2,3H3/q+1/b13-7+. The van der Waals surface area contributed by atoms with Crippen LogP contribution in [0, 0.1) is 6.92 Å². The van der Waals surface area contributed by atoms with Crippen molar-refractivity contribution in [1.82, 2.24) is 0 Å². The average Bonchev–Trinajstić information content (AvgIpc) is 2.26. The highest BCUT2D eigenvalue weighted by molar-refractivity contribution is 5.39. The number of nitrogens with zero attached hydrogens (tertiary/aromatic N) is 1. The molecule has 0 unspecified atom stereocenters. The van der Waals surface area contributed by atoms with Gasteiger partial charge in [-0.15, -0.1) is 0 Å². The lowest BCUT2D eigenvalue weighted by Gasteiger charge is -2.00. The molecule has 1 heteroatoms. The van der Waals surface area contributed by atoms with E-state index in [-0.39, 0.29) is 0 Å². The molecule has 0 fully saturated rings. The predicted octanol–water partition coefficient (Wildman–Crippen LogP) is 3.60. The Balaban J connectivity index is 3.03. The van der Waals surface area contributed by atoms with E-state index in [0.29, 0.717) is 0 Å². The third-order valence-corrected chi connectivity index (χ3v) is 2.16. The number of rotatable bonds is 4. The quantitative estimate of drug-likeness (QED) is 0.395. The number of hydrogen-bond acceptors (Lipinski definition) is 0. The molecule has 0 spiro atoms. The molecule has 0 bridgehead atoms. The Morgan fingerprint density at radius 1 is 1.20 bits per heavy atom. The van der Waals surface area contributed by atoms with Crippen LogP contribution in [0.5, 0.6) is 0 Å². The van der Waals surface area contributed by atoms with E-state index in [4.69, 9.17) is 0 Å². The summed E-state index contributed by atoms with van der Waals surface area (Å²) in [6.07, 6.45) is 5.36. The van der Waals surface area contributed by atoms with Gasteiger partial charge in [0.1, 0.15) is 6.72 Å². The molecule has 0 aliphatic rings. The third-order valence-electron chi connectivity index (χ3n) is 2.16. The molecular formula is C14H16N+. The maximum Gasteiger partial charge on any atom is 0.210 e. The zero-order chi connectivity index (χ0) is 11.3. The minimum atomic E-state index is 0.925. The van der Waals surface area contributed by atoms with Crippen molar-refractivity contribution in [2.45, 2.75) is 6.92 Å². The van der Waals surface area contributed by atoms with Crippen molar-refractivity contribution < 1.29 is 4.58 Å². The van der Waals surface area contributed by atoms with Gasteiger partial charge in [0.15, 0.2) is 0 Å². The summed E-state index contributed by atoms with van der Waals surface area (Å²) in [4.78, 5) is 0. The molecule has 76 valence electrons. The summed E-state index contributed by atoms with van der Waals surface area (Å²) in [5, 5.41) is 0. The van der Waals surface area contributed by atoms with Gasteiger partial charge in [-0.2, -0.15) is 4.58 Å². The Morgan fingerprint density at radius 3 is 2.27 bits per heavy atom. The summed E-state index contributed by atoms with van der Waals surface area (Å²) < 4.78 is 1.83. The first kappa shape index (κ1) is 11.2. The van der Waals surface area contributed by atoms with Gasteiger partial charge in [-0.1, -0.05) is 36.9 Å². The Kier molecular flexibility index (Phi) is 3.81.